The summed E-state index contributed by atoms with van der Waals surface area (Å²) < 4.78 is 2.08. The van der Waals surface area contributed by atoms with Crippen LogP contribution in [-0.4, -0.2) is 14.5 Å². The molecule has 0 fully saturated rings. The highest BCUT2D eigenvalue weighted by atomic mass is 35.5. The minimum absolute atomic E-state index is 0.253. The van der Waals surface area contributed by atoms with Crippen molar-refractivity contribution in [3.8, 4) is 0 Å². The predicted molar refractivity (Wildman–Crippen MR) is 78.0 cm³/mol. The molecule has 3 aromatic rings. The lowest BCUT2D eigenvalue weighted by atomic mass is 10.2. The molecule has 3 rings (SSSR count). The Morgan fingerprint density at radius 2 is 2.05 bits per heavy atom. The quantitative estimate of drug-likeness (QED) is 0.724. The molecule has 0 spiro atoms. The van der Waals surface area contributed by atoms with Gasteiger partial charge in [-0.25, -0.2) is 9.97 Å². The van der Waals surface area contributed by atoms with E-state index in [0.29, 0.717) is 5.82 Å². The lowest BCUT2D eigenvalue weighted by Crippen LogP contribution is -1.97. The Hall–Kier alpha value is -2.07. The van der Waals surface area contributed by atoms with E-state index in [4.69, 9.17) is 11.6 Å². The number of halogens is 1. The highest BCUT2D eigenvalue weighted by Crippen LogP contribution is 2.26. The molecule has 0 amide bonds. The second kappa shape index (κ2) is 4.55. The van der Waals surface area contributed by atoms with E-state index in [-0.39, 0.29) is 5.28 Å². The van der Waals surface area contributed by atoms with Crippen molar-refractivity contribution in [1.82, 2.24) is 14.5 Å². The largest absolute Gasteiger partial charge is 0.350 e. The van der Waals surface area contributed by atoms with Gasteiger partial charge in [0.05, 0.1) is 0 Å². The molecular weight excluding hydrogens is 260 g/mol. The summed E-state index contributed by atoms with van der Waals surface area (Å²) in [5.41, 5.74) is 3.01. The van der Waals surface area contributed by atoms with Crippen LogP contribution in [-0.2, 0) is 7.05 Å². The molecule has 0 radical (unpaired) electrons. The van der Waals surface area contributed by atoms with Crippen LogP contribution < -0.4 is 5.32 Å². The fourth-order valence-corrected chi connectivity index (χ4v) is 2.37. The highest BCUT2D eigenvalue weighted by molar-refractivity contribution is 6.28. The van der Waals surface area contributed by atoms with Gasteiger partial charge in [0.25, 0.3) is 0 Å². The minimum atomic E-state index is 0.253. The maximum Gasteiger partial charge on any atom is 0.224 e. The van der Waals surface area contributed by atoms with E-state index >= 15 is 0 Å². The Morgan fingerprint density at radius 3 is 2.84 bits per heavy atom. The van der Waals surface area contributed by atoms with Crippen LogP contribution in [0.4, 0.5) is 11.5 Å². The summed E-state index contributed by atoms with van der Waals surface area (Å²) in [7, 11) is 2.03. The van der Waals surface area contributed by atoms with Crippen LogP contribution in [0.5, 0.6) is 0 Å². The zero-order valence-corrected chi connectivity index (χ0v) is 11.4. The van der Waals surface area contributed by atoms with Crippen LogP contribution in [0.1, 0.15) is 5.69 Å². The van der Waals surface area contributed by atoms with Gasteiger partial charge in [-0.3, -0.25) is 0 Å². The van der Waals surface area contributed by atoms with Crippen molar-refractivity contribution in [2.24, 2.45) is 7.05 Å². The average molecular weight is 273 g/mol. The average Bonchev–Trinajstić information content (AvgIpc) is 2.71. The van der Waals surface area contributed by atoms with Crippen molar-refractivity contribution in [3.63, 3.8) is 0 Å². The first-order valence-electron chi connectivity index (χ1n) is 5.96. The first-order chi connectivity index (χ1) is 9.13. The van der Waals surface area contributed by atoms with E-state index in [1.54, 1.807) is 0 Å². The lowest BCUT2D eigenvalue weighted by Gasteiger charge is -2.08. The van der Waals surface area contributed by atoms with Gasteiger partial charge in [-0.05, 0) is 36.7 Å². The molecule has 5 heteroatoms. The summed E-state index contributed by atoms with van der Waals surface area (Å²) in [4.78, 5) is 8.23. The summed E-state index contributed by atoms with van der Waals surface area (Å²) in [6.07, 6.45) is 2.04. The molecule has 1 aromatic carbocycles. The number of fused-ring (bicyclic) bond motifs is 1. The molecule has 0 aliphatic rings. The Labute approximate surface area is 116 Å². The van der Waals surface area contributed by atoms with E-state index in [9.17, 15) is 0 Å². The van der Waals surface area contributed by atoms with Gasteiger partial charge >= 0.3 is 0 Å². The summed E-state index contributed by atoms with van der Waals surface area (Å²) in [5, 5.41) is 4.70. The lowest BCUT2D eigenvalue weighted by molar-refractivity contribution is 0.969. The SMILES string of the molecule is Cc1cc(Nc2cccc3c2ccn3C)nc(Cl)n1. The van der Waals surface area contributed by atoms with E-state index in [1.165, 1.54) is 5.52 Å². The molecule has 0 atom stereocenters. The number of aryl methyl sites for hydroxylation is 2. The third-order valence-electron chi connectivity index (χ3n) is 3.02. The standard InChI is InChI=1S/C14H13ClN4/c1-9-8-13(18-14(15)16-9)17-11-4-3-5-12-10(11)6-7-19(12)2/h3-8H,1-2H3,(H,16,17,18). The van der Waals surface area contributed by atoms with Crippen LogP contribution in [0.15, 0.2) is 36.5 Å². The molecule has 0 unspecified atom stereocenters. The van der Waals surface area contributed by atoms with Crippen molar-refractivity contribution in [1.29, 1.82) is 0 Å². The molecular formula is C14H13ClN4. The third-order valence-corrected chi connectivity index (χ3v) is 3.19. The van der Waals surface area contributed by atoms with Gasteiger partial charge in [0, 0.05) is 41.6 Å². The molecule has 0 bridgehead atoms. The first-order valence-corrected chi connectivity index (χ1v) is 6.33. The van der Waals surface area contributed by atoms with Gasteiger partial charge in [-0.15, -0.1) is 0 Å². The normalized spacial score (nSPS) is 10.9. The van der Waals surface area contributed by atoms with Gasteiger partial charge in [0.2, 0.25) is 5.28 Å². The van der Waals surface area contributed by atoms with E-state index in [1.807, 2.05) is 38.4 Å². The zero-order valence-electron chi connectivity index (χ0n) is 10.7. The first kappa shape index (κ1) is 12.0. The molecule has 2 heterocycles. The summed E-state index contributed by atoms with van der Waals surface area (Å²) in [6.45, 7) is 1.89. The maximum atomic E-state index is 5.87. The van der Waals surface area contributed by atoms with Crippen molar-refractivity contribution in [2.75, 3.05) is 5.32 Å². The fraction of sp³-hybridized carbons (Fsp3) is 0.143. The van der Waals surface area contributed by atoms with Crippen molar-refractivity contribution >= 4 is 34.0 Å². The van der Waals surface area contributed by atoms with E-state index < -0.39 is 0 Å². The van der Waals surface area contributed by atoms with Crippen LogP contribution in [0, 0.1) is 6.92 Å². The number of anilines is 2. The van der Waals surface area contributed by atoms with Gasteiger partial charge in [0.1, 0.15) is 5.82 Å². The molecule has 4 nitrogen and oxygen atoms in total. The zero-order chi connectivity index (χ0) is 13.4. The number of nitrogens with zero attached hydrogens (tertiary/aromatic N) is 3. The van der Waals surface area contributed by atoms with Gasteiger partial charge in [0.15, 0.2) is 0 Å². The molecule has 0 saturated carbocycles. The smallest absolute Gasteiger partial charge is 0.224 e. The molecule has 0 saturated heterocycles. The van der Waals surface area contributed by atoms with Crippen molar-refractivity contribution < 1.29 is 0 Å². The predicted octanol–water partition coefficient (Wildman–Crippen LogP) is 3.67. The summed E-state index contributed by atoms with van der Waals surface area (Å²) in [5.74, 6) is 0.703. The van der Waals surface area contributed by atoms with Gasteiger partial charge in [-0.2, -0.15) is 0 Å². The number of benzene rings is 1. The Balaban J connectivity index is 2.05. The van der Waals surface area contributed by atoms with E-state index in [0.717, 1.165) is 16.8 Å². The summed E-state index contributed by atoms with van der Waals surface area (Å²) in [6, 6.07) is 10.1. The van der Waals surface area contributed by atoms with Crippen LogP contribution in [0.3, 0.4) is 0 Å². The third kappa shape index (κ3) is 2.27. The van der Waals surface area contributed by atoms with Crippen LogP contribution >= 0.6 is 11.6 Å². The number of nitrogens with one attached hydrogen (secondary N) is 1. The van der Waals surface area contributed by atoms with Gasteiger partial charge in [-0.1, -0.05) is 6.07 Å². The molecule has 1 N–H and O–H groups in total. The molecule has 0 aliphatic carbocycles. The van der Waals surface area contributed by atoms with Crippen molar-refractivity contribution in [2.45, 2.75) is 6.92 Å². The number of rotatable bonds is 2. The van der Waals surface area contributed by atoms with E-state index in [2.05, 4.69) is 32.0 Å². The maximum absolute atomic E-state index is 5.87. The van der Waals surface area contributed by atoms with Gasteiger partial charge < -0.3 is 9.88 Å². The van der Waals surface area contributed by atoms with Crippen LogP contribution in [0.2, 0.25) is 5.28 Å². The molecule has 96 valence electrons. The topological polar surface area (TPSA) is 42.7 Å². The summed E-state index contributed by atoms with van der Waals surface area (Å²) >= 11 is 5.87. The molecule has 19 heavy (non-hydrogen) atoms. The Kier molecular flexibility index (Phi) is 2.87. The Bertz CT molecular complexity index is 728. The Morgan fingerprint density at radius 1 is 1.21 bits per heavy atom. The minimum Gasteiger partial charge on any atom is -0.350 e. The van der Waals surface area contributed by atoms with Crippen molar-refractivity contribution in [3.05, 3.63) is 47.5 Å². The second-order valence-corrected chi connectivity index (χ2v) is 4.79. The fourth-order valence-electron chi connectivity index (χ4n) is 2.15. The molecule has 2 aromatic heterocycles. The van der Waals surface area contributed by atoms with Crippen LogP contribution in [0.25, 0.3) is 10.9 Å². The number of aromatic nitrogens is 3. The number of hydrogen-bond donors (Lipinski definition) is 1. The monoisotopic (exact) mass is 272 g/mol. The molecule has 0 aliphatic heterocycles. The second-order valence-electron chi connectivity index (χ2n) is 4.45. The highest BCUT2D eigenvalue weighted by Gasteiger charge is 2.06. The number of hydrogen-bond acceptors (Lipinski definition) is 3.